The normalized spacial score (nSPS) is 24.3. The maximum absolute atomic E-state index is 11.8. The summed E-state index contributed by atoms with van der Waals surface area (Å²) in [6, 6.07) is 9.98. The standard InChI is InChI=1S/C13H18N2O/c1-10-7-12(14-8-10)13(16)15-9-11-5-3-2-4-6-11/h2-6,10,12,14H,7-9H2,1H3,(H,15,16)/t10?,12-/m0/s1. The molecule has 1 saturated heterocycles. The number of benzene rings is 1. The molecular formula is C13H18N2O. The Morgan fingerprint density at radius 3 is 2.81 bits per heavy atom. The van der Waals surface area contributed by atoms with Crippen molar-refractivity contribution >= 4 is 5.91 Å². The highest BCUT2D eigenvalue weighted by Crippen LogP contribution is 2.12. The highest BCUT2D eigenvalue weighted by atomic mass is 16.2. The predicted molar refractivity (Wildman–Crippen MR) is 63.9 cm³/mol. The van der Waals surface area contributed by atoms with Crippen LogP contribution < -0.4 is 10.6 Å². The van der Waals surface area contributed by atoms with E-state index < -0.39 is 0 Å². The summed E-state index contributed by atoms with van der Waals surface area (Å²) < 4.78 is 0. The lowest BCUT2D eigenvalue weighted by Gasteiger charge is -2.11. The zero-order valence-corrected chi connectivity index (χ0v) is 9.57. The van der Waals surface area contributed by atoms with E-state index in [1.165, 1.54) is 0 Å². The second-order valence-electron chi connectivity index (χ2n) is 4.51. The van der Waals surface area contributed by atoms with Crippen LogP contribution in [0.15, 0.2) is 30.3 Å². The van der Waals surface area contributed by atoms with Gasteiger partial charge >= 0.3 is 0 Å². The van der Waals surface area contributed by atoms with Crippen LogP contribution in [0.1, 0.15) is 18.9 Å². The zero-order valence-electron chi connectivity index (χ0n) is 9.57. The van der Waals surface area contributed by atoms with Crippen molar-refractivity contribution in [1.82, 2.24) is 10.6 Å². The minimum atomic E-state index is -0.00119. The molecule has 16 heavy (non-hydrogen) atoms. The van der Waals surface area contributed by atoms with E-state index in [0.29, 0.717) is 12.5 Å². The molecule has 0 aromatic heterocycles. The molecule has 1 aliphatic heterocycles. The Labute approximate surface area is 96.2 Å². The van der Waals surface area contributed by atoms with E-state index in [-0.39, 0.29) is 11.9 Å². The molecule has 1 fully saturated rings. The largest absolute Gasteiger partial charge is 0.351 e. The first-order valence-corrected chi connectivity index (χ1v) is 5.80. The van der Waals surface area contributed by atoms with Crippen molar-refractivity contribution in [2.45, 2.75) is 25.9 Å². The third kappa shape index (κ3) is 2.83. The topological polar surface area (TPSA) is 41.1 Å². The quantitative estimate of drug-likeness (QED) is 0.803. The Bertz CT molecular complexity index is 350. The molecule has 1 aromatic rings. The third-order valence-electron chi connectivity index (χ3n) is 2.98. The highest BCUT2D eigenvalue weighted by molar-refractivity contribution is 5.82. The molecule has 1 unspecified atom stereocenters. The average molecular weight is 218 g/mol. The number of nitrogens with one attached hydrogen (secondary N) is 2. The van der Waals surface area contributed by atoms with E-state index in [0.717, 1.165) is 18.5 Å². The van der Waals surface area contributed by atoms with Crippen LogP contribution in [0.4, 0.5) is 0 Å². The van der Waals surface area contributed by atoms with Gasteiger partial charge in [-0.3, -0.25) is 4.79 Å². The molecule has 3 nitrogen and oxygen atoms in total. The van der Waals surface area contributed by atoms with Gasteiger partial charge in [-0.25, -0.2) is 0 Å². The van der Waals surface area contributed by atoms with Crippen LogP contribution >= 0.6 is 0 Å². The second kappa shape index (κ2) is 5.12. The molecule has 0 aliphatic carbocycles. The van der Waals surface area contributed by atoms with E-state index >= 15 is 0 Å². The van der Waals surface area contributed by atoms with Crippen molar-refractivity contribution in [3.8, 4) is 0 Å². The number of carbonyl (C=O) groups excluding carboxylic acids is 1. The van der Waals surface area contributed by atoms with Crippen molar-refractivity contribution in [2.75, 3.05) is 6.54 Å². The molecule has 2 rings (SSSR count). The lowest BCUT2D eigenvalue weighted by Crippen LogP contribution is -2.39. The van der Waals surface area contributed by atoms with E-state index in [2.05, 4.69) is 17.6 Å². The third-order valence-corrected chi connectivity index (χ3v) is 2.98. The molecule has 86 valence electrons. The van der Waals surface area contributed by atoms with Gasteiger partial charge in [-0.1, -0.05) is 37.3 Å². The Hall–Kier alpha value is -1.35. The summed E-state index contributed by atoms with van der Waals surface area (Å²) >= 11 is 0. The SMILES string of the molecule is CC1CN[C@H](C(=O)NCc2ccccc2)C1. The van der Waals surface area contributed by atoms with Crippen molar-refractivity contribution in [3.63, 3.8) is 0 Å². The van der Waals surface area contributed by atoms with E-state index in [1.54, 1.807) is 0 Å². The van der Waals surface area contributed by atoms with Gasteiger partial charge in [-0.15, -0.1) is 0 Å². The molecule has 1 amide bonds. The van der Waals surface area contributed by atoms with Crippen molar-refractivity contribution in [2.24, 2.45) is 5.92 Å². The Kier molecular flexibility index (Phi) is 3.57. The minimum absolute atomic E-state index is 0.00119. The molecule has 0 saturated carbocycles. The van der Waals surface area contributed by atoms with Crippen LogP contribution in [0.3, 0.4) is 0 Å². The summed E-state index contributed by atoms with van der Waals surface area (Å²) in [5, 5.41) is 6.19. The van der Waals surface area contributed by atoms with Gasteiger partial charge in [0.1, 0.15) is 0 Å². The molecule has 1 aromatic carbocycles. The molecule has 2 N–H and O–H groups in total. The fourth-order valence-corrected chi connectivity index (χ4v) is 2.02. The number of hydrogen-bond donors (Lipinski definition) is 2. The van der Waals surface area contributed by atoms with Crippen molar-refractivity contribution < 1.29 is 4.79 Å². The summed E-state index contributed by atoms with van der Waals surface area (Å²) in [5.74, 6) is 0.723. The molecular weight excluding hydrogens is 200 g/mol. The highest BCUT2D eigenvalue weighted by Gasteiger charge is 2.26. The predicted octanol–water partition coefficient (Wildman–Crippen LogP) is 1.30. The van der Waals surface area contributed by atoms with Crippen LogP contribution in [0.5, 0.6) is 0 Å². The van der Waals surface area contributed by atoms with Crippen LogP contribution in [-0.4, -0.2) is 18.5 Å². The summed E-state index contributed by atoms with van der Waals surface area (Å²) in [7, 11) is 0. The molecule has 0 spiro atoms. The summed E-state index contributed by atoms with van der Waals surface area (Å²) in [4.78, 5) is 11.8. The number of hydrogen-bond acceptors (Lipinski definition) is 2. The second-order valence-corrected chi connectivity index (χ2v) is 4.51. The lowest BCUT2D eigenvalue weighted by atomic mass is 10.1. The smallest absolute Gasteiger partial charge is 0.237 e. The van der Waals surface area contributed by atoms with Crippen LogP contribution in [0.25, 0.3) is 0 Å². The molecule has 3 heteroatoms. The summed E-state index contributed by atoms with van der Waals surface area (Å²) in [6.45, 7) is 3.73. The van der Waals surface area contributed by atoms with Gasteiger partial charge in [0.2, 0.25) is 5.91 Å². The first-order valence-electron chi connectivity index (χ1n) is 5.80. The molecule has 1 heterocycles. The van der Waals surface area contributed by atoms with Gasteiger partial charge in [0, 0.05) is 6.54 Å². The van der Waals surface area contributed by atoms with Crippen LogP contribution in [0, 0.1) is 5.92 Å². The van der Waals surface area contributed by atoms with Crippen molar-refractivity contribution in [3.05, 3.63) is 35.9 Å². The van der Waals surface area contributed by atoms with Gasteiger partial charge in [0.25, 0.3) is 0 Å². The Morgan fingerprint density at radius 1 is 1.44 bits per heavy atom. The molecule has 0 radical (unpaired) electrons. The lowest BCUT2D eigenvalue weighted by molar-refractivity contribution is -0.123. The molecule has 0 bridgehead atoms. The van der Waals surface area contributed by atoms with Gasteiger partial charge < -0.3 is 10.6 Å². The maximum Gasteiger partial charge on any atom is 0.237 e. The maximum atomic E-state index is 11.8. The number of amides is 1. The minimum Gasteiger partial charge on any atom is -0.351 e. The van der Waals surface area contributed by atoms with Gasteiger partial charge in [0.15, 0.2) is 0 Å². The molecule has 1 aliphatic rings. The number of carbonyl (C=O) groups is 1. The van der Waals surface area contributed by atoms with Gasteiger partial charge in [-0.2, -0.15) is 0 Å². The van der Waals surface area contributed by atoms with Crippen LogP contribution in [0.2, 0.25) is 0 Å². The fourth-order valence-electron chi connectivity index (χ4n) is 2.02. The number of rotatable bonds is 3. The van der Waals surface area contributed by atoms with E-state index in [4.69, 9.17) is 0 Å². The Morgan fingerprint density at radius 2 is 2.19 bits per heavy atom. The van der Waals surface area contributed by atoms with E-state index in [1.807, 2.05) is 30.3 Å². The Balaban J connectivity index is 1.80. The fraction of sp³-hybridized carbons (Fsp3) is 0.462. The monoisotopic (exact) mass is 218 g/mol. The first-order chi connectivity index (χ1) is 7.75. The molecule has 2 atom stereocenters. The average Bonchev–Trinajstić information content (AvgIpc) is 2.74. The van der Waals surface area contributed by atoms with Crippen molar-refractivity contribution in [1.29, 1.82) is 0 Å². The van der Waals surface area contributed by atoms with E-state index in [9.17, 15) is 4.79 Å². The summed E-state index contributed by atoms with van der Waals surface area (Å²) in [6.07, 6.45) is 0.945. The zero-order chi connectivity index (χ0) is 11.4. The van der Waals surface area contributed by atoms with Gasteiger partial charge in [-0.05, 0) is 24.4 Å². The first kappa shape index (κ1) is 11.1. The van der Waals surface area contributed by atoms with Crippen LogP contribution in [-0.2, 0) is 11.3 Å². The summed E-state index contributed by atoms with van der Waals surface area (Å²) in [5.41, 5.74) is 1.14. The van der Waals surface area contributed by atoms with Gasteiger partial charge in [0.05, 0.1) is 6.04 Å².